The highest BCUT2D eigenvalue weighted by Crippen LogP contribution is 2.19. The van der Waals surface area contributed by atoms with E-state index in [1.54, 1.807) is 40.4 Å². The number of nitriles is 1. The minimum absolute atomic E-state index is 0.104. The zero-order valence-electron chi connectivity index (χ0n) is 20.0. The van der Waals surface area contributed by atoms with Gasteiger partial charge in [-0.15, -0.1) is 0 Å². The summed E-state index contributed by atoms with van der Waals surface area (Å²) in [6.07, 6.45) is 3.50. The van der Waals surface area contributed by atoms with E-state index in [0.29, 0.717) is 49.7 Å². The van der Waals surface area contributed by atoms with E-state index in [1.807, 2.05) is 12.1 Å². The van der Waals surface area contributed by atoms with Crippen molar-refractivity contribution in [2.45, 2.75) is 25.6 Å². The number of benzene rings is 1. The summed E-state index contributed by atoms with van der Waals surface area (Å²) >= 11 is 0. The van der Waals surface area contributed by atoms with Crippen LogP contribution < -0.4 is 5.56 Å². The Labute approximate surface area is 209 Å². The molecule has 0 saturated carbocycles. The van der Waals surface area contributed by atoms with Crippen molar-refractivity contribution < 1.29 is 9.90 Å². The number of carbonyl (C=O) groups excluding carboxylic acids is 1. The number of aromatic nitrogens is 2. The number of amides is 2. The van der Waals surface area contributed by atoms with Gasteiger partial charge in [-0.1, -0.05) is 24.3 Å². The third-order valence-electron chi connectivity index (χ3n) is 6.78. The molecule has 1 N–H and O–H groups in total. The molecule has 36 heavy (non-hydrogen) atoms. The van der Waals surface area contributed by atoms with Crippen LogP contribution in [0.15, 0.2) is 65.7 Å². The molecule has 2 aromatic heterocycles. The first-order valence-electron chi connectivity index (χ1n) is 12.1. The Morgan fingerprint density at radius 3 is 2.56 bits per heavy atom. The molecule has 1 fully saturated rings. The lowest BCUT2D eigenvalue weighted by Gasteiger charge is -2.31. The van der Waals surface area contributed by atoms with Crippen LogP contribution in [-0.4, -0.2) is 74.2 Å². The third kappa shape index (κ3) is 5.15. The third-order valence-corrected chi connectivity index (χ3v) is 6.78. The molecule has 0 bridgehead atoms. The van der Waals surface area contributed by atoms with Crippen molar-refractivity contribution in [1.29, 1.82) is 5.26 Å². The lowest BCUT2D eigenvalue weighted by molar-refractivity contribution is 0.0812. The van der Waals surface area contributed by atoms with Gasteiger partial charge in [-0.2, -0.15) is 5.26 Å². The summed E-state index contributed by atoms with van der Waals surface area (Å²) in [5.41, 5.74) is 3.99. The maximum atomic E-state index is 12.9. The van der Waals surface area contributed by atoms with Gasteiger partial charge in [-0.05, 0) is 35.7 Å². The highest BCUT2D eigenvalue weighted by atomic mass is 16.3. The molecule has 3 aromatic rings. The fourth-order valence-electron chi connectivity index (χ4n) is 4.88. The minimum Gasteiger partial charge on any atom is -0.390 e. The van der Waals surface area contributed by atoms with E-state index in [-0.39, 0.29) is 11.6 Å². The second kappa shape index (κ2) is 10.3. The Hall–Kier alpha value is -4.00. The number of urea groups is 1. The molecule has 0 radical (unpaired) electrons. The first kappa shape index (κ1) is 23.7. The molecule has 0 aliphatic carbocycles. The summed E-state index contributed by atoms with van der Waals surface area (Å²) in [7, 11) is 0. The number of nitrogens with zero attached hydrogens (tertiary/aromatic N) is 6. The van der Waals surface area contributed by atoms with E-state index in [9.17, 15) is 14.7 Å². The first-order chi connectivity index (χ1) is 17.5. The summed E-state index contributed by atoms with van der Waals surface area (Å²) in [5.74, 6) is 0. The zero-order chi connectivity index (χ0) is 25.1. The van der Waals surface area contributed by atoms with Crippen molar-refractivity contribution in [3.8, 4) is 11.8 Å². The van der Waals surface area contributed by atoms with Crippen molar-refractivity contribution in [1.82, 2.24) is 24.3 Å². The number of hydrogen-bond donors (Lipinski definition) is 1. The van der Waals surface area contributed by atoms with Gasteiger partial charge in [0, 0.05) is 51.5 Å². The number of fused-ring (bicyclic) bond motifs is 1. The van der Waals surface area contributed by atoms with Gasteiger partial charge >= 0.3 is 6.03 Å². The van der Waals surface area contributed by atoms with Crippen molar-refractivity contribution in [3.05, 3.63) is 93.7 Å². The van der Waals surface area contributed by atoms with Crippen LogP contribution >= 0.6 is 0 Å². The first-order valence-corrected chi connectivity index (χ1v) is 12.1. The molecule has 5 rings (SSSR count). The molecule has 9 heteroatoms. The minimum atomic E-state index is -0.609. The second-order valence-corrected chi connectivity index (χ2v) is 9.30. The van der Waals surface area contributed by atoms with Crippen LogP contribution in [0.25, 0.3) is 5.69 Å². The number of pyridine rings is 2. The summed E-state index contributed by atoms with van der Waals surface area (Å²) < 4.78 is 1.42. The molecule has 0 spiro atoms. The van der Waals surface area contributed by atoms with Gasteiger partial charge in [-0.25, -0.2) is 4.79 Å². The summed E-state index contributed by atoms with van der Waals surface area (Å²) in [5, 5.41) is 19.6. The second-order valence-electron chi connectivity index (χ2n) is 9.30. The van der Waals surface area contributed by atoms with Gasteiger partial charge in [0.05, 0.1) is 41.9 Å². The average Bonchev–Trinajstić information content (AvgIpc) is 3.22. The summed E-state index contributed by atoms with van der Waals surface area (Å²) in [6.45, 7) is 4.07. The van der Waals surface area contributed by atoms with Gasteiger partial charge in [0.25, 0.3) is 5.56 Å². The van der Waals surface area contributed by atoms with Crippen LogP contribution in [-0.2, 0) is 19.5 Å². The van der Waals surface area contributed by atoms with Crippen LogP contribution in [0.2, 0.25) is 0 Å². The molecule has 184 valence electrons. The van der Waals surface area contributed by atoms with E-state index >= 15 is 0 Å². The smallest absolute Gasteiger partial charge is 0.320 e. The van der Waals surface area contributed by atoms with Crippen LogP contribution in [0.3, 0.4) is 0 Å². The predicted octanol–water partition coefficient (Wildman–Crippen LogP) is 1.76. The van der Waals surface area contributed by atoms with Gasteiger partial charge < -0.3 is 14.9 Å². The Morgan fingerprint density at radius 1 is 1.00 bits per heavy atom. The average molecular weight is 485 g/mol. The molecule has 2 amide bonds. The molecule has 9 nitrogen and oxygen atoms in total. The van der Waals surface area contributed by atoms with Crippen molar-refractivity contribution >= 4 is 6.03 Å². The molecular weight excluding hydrogens is 456 g/mol. The monoisotopic (exact) mass is 484 g/mol. The van der Waals surface area contributed by atoms with Gasteiger partial charge in [0.2, 0.25) is 0 Å². The molecule has 0 unspecified atom stereocenters. The Balaban J connectivity index is 1.14. The summed E-state index contributed by atoms with van der Waals surface area (Å²) in [6, 6.07) is 16.7. The lowest BCUT2D eigenvalue weighted by Crippen LogP contribution is -2.43. The number of rotatable bonds is 7. The van der Waals surface area contributed by atoms with Gasteiger partial charge in [0.15, 0.2) is 0 Å². The van der Waals surface area contributed by atoms with E-state index in [4.69, 9.17) is 5.26 Å². The number of aliphatic hydroxyl groups is 1. The fraction of sp³-hybridized carbons (Fsp3) is 0.333. The van der Waals surface area contributed by atoms with Crippen LogP contribution in [0.1, 0.15) is 22.4 Å². The van der Waals surface area contributed by atoms with E-state index < -0.39 is 6.10 Å². The van der Waals surface area contributed by atoms with E-state index in [2.05, 4.69) is 28.1 Å². The molecule has 4 heterocycles. The lowest BCUT2D eigenvalue weighted by atomic mass is 10.00. The van der Waals surface area contributed by atoms with Crippen molar-refractivity contribution in [2.24, 2.45) is 0 Å². The Kier molecular flexibility index (Phi) is 6.80. The molecule has 2 aliphatic rings. The number of carbonyl (C=O) groups is 1. The highest BCUT2D eigenvalue weighted by Gasteiger charge is 2.30. The quantitative estimate of drug-likeness (QED) is 0.548. The topological polar surface area (TPSA) is 106 Å². The molecule has 1 aromatic carbocycles. The van der Waals surface area contributed by atoms with Crippen LogP contribution in [0.4, 0.5) is 4.79 Å². The van der Waals surface area contributed by atoms with E-state index in [1.165, 1.54) is 21.8 Å². The molecular formula is C27H28N6O3. The standard InChI is InChI=1S/C27H28N6O3/c28-14-20-7-10-33(26(35)13-20)24-6-5-23(29-15-24)17-31-11-12-32(27(31)36)19-25(34)18-30-9-8-21-3-1-2-4-22(21)16-30/h1-7,10,13,15,25,34H,8-9,11-12,16-19H2/t25-/m1/s1. The van der Waals surface area contributed by atoms with Gasteiger partial charge in [0.1, 0.15) is 0 Å². The highest BCUT2D eigenvalue weighted by molar-refractivity contribution is 5.76. The van der Waals surface area contributed by atoms with Crippen LogP contribution in [0.5, 0.6) is 0 Å². The summed E-state index contributed by atoms with van der Waals surface area (Å²) in [4.78, 5) is 35.2. The number of hydrogen-bond acceptors (Lipinski definition) is 6. The van der Waals surface area contributed by atoms with Gasteiger partial charge in [-0.3, -0.25) is 19.2 Å². The largest absolute Gasteiger partial charge is 0.390 e. The SMILES string of the molecule is N#Cc1ccn(-c2ccc(CN3CCN(C[C@H](O)CN4CCc5ccccc5C4)C3=O)nc2)c(=O)c1. The number of aliphatic hydroxyl groups excluding tert-OH is 1. The molecule has 2 aliphatic heterocycles. The normalized spacial score (nSPS) is 16.6. The van der Waals surface area contributed by atoms with Crippen molar-refractivity contribution in [2.75, 3.05) is 32.7 Å². The maximum Gasteiger partial charge on any atom is 0.320 e. The maximum absolute atomic E-state index is 12.9. The predicted molar refractivity (Wildman–Crippen MR) is 133 cm³/mol. The zero-order valence-corrected chi connectivity index (χ0v) is 20.0. The Bertz CT molecular complexity index is 1350. The number of β-amino-alcohol motifs (C(OH)–C–C–N with tert-alkyl or cyclic N) is 1. The van der Waals surface area contributed by atoms with Crippen LogP contribution in [0, 0.1) is 11.3 Å². The molecule has 1 atom stereocenters. The molecule has 1 saturated heterocycles. The van der Waals surface area contributed by atoms with E-state index in [0.717, 1.165) is 19.5 Å². The Morgan fingerprint density at radius 2 is 1.81 bits per heavy atom. The van der Waals surface area contributed by atoms with Crippen molar-refractivity contribution in [3.63, 3.8) is 0 Å². The fourth-order valence-corrected chi connectivity index (χ4v) is 4.88.